The zero-order chi connectivity index (χ0) is 8.10. The van der Waals surface area contributed by atoms with Crippen LogP contribution in [0.4, 0.5) is 0 Å². The summed E-state index contributed by atoms with van der Waals surface area (Å²) in [6.45, 7) is 2.03. The van der Waals surface area contributed by atoms with Crippen LogP contribution in [0.15, 0.2) is 12.2 Å². The van der Waals surface area contributed by atoms with Gasteiger partial charge in [0.15, 0.2) is 0 Å². The van der Waals surface area contributed by atoms with Gasteiger partial charge in [-0.25, -0.2) is 0 Å². The molecule has 0 aromatic rings. The van der Waals surface area contributed by atoms with Gasteiger partial charge < -0.3 is 0 Å². The van der Waals surface area contributed by atoms with Crippen molar-refractivity contribution in [3.8, 4) is 0 Å². The molecular weight excluding hydrogens is 136 g/mol. The second-order valence-electron chi connectivity index (χ2n) is 3.31. The molecule has 0 aliphatic heterocycles. The zero-order valence-corrected chi connectivity index (χ0v) is 7.18. The Bertz CT molecular complexity index is 158. The summed E-state index contributed by atoms with van der Waals surface area (Å²) in [6, 6.07) is 0. The van der Waals surface area contributed by atoms with Crippen LogP contribution < -0.4 is 0 Å². The highest BCUT2D eigenvalue weighted by Crippen LogP contribution is 2.24. The van der Waals surface area contributed by atoms with Gasteiger partial charge in [0.1, 0.15) is 5.78 Å². The molecule has 11 heavy (non-hydrogen) atoms. The van der Waals surface area contributed by atoms with Crippen molar-refractivity contribution in [1.29, 1.82) is 0 Å². The third-order valence-electron chi connectivity index (χ3n) is 2.29. The van der Waals surface area contributed by atoms with Crippen molar-refractivity contribution in [2.24, 2.45) is 5.92 Å². The lowest BCUT2D eigenvalue weighted by molar-refractivity contribution is -0.121. The van der Waals surface area contributed by atoms with E-state index in [0.717, 1.165) is 25.7 Å². The van der Waals surface area contributed by atoms with Crippen LogP contribution in [0.1, 0.15) is 39.0 Å². The van der Waals surface area contributed by atoms with Gasteiger partial charge in [0.2, 0.25) is 0 Å². The Morgan fingerprint density at radius 1 is 1.64 bits per heavy atom. The molecule has 1 fully saturated rings. The molecule has 1 rings (SSSR count). The minimum absolute atomic E-state index is 0.464. The topological polar surface area (TPSA) is 17.1 Å². The highest BCUT2D eigenvalue weighted by Gasteiger charge is 2.17. The van der Waals surface area contributed by atoms with Gasteiger partial charge in [-0.1, -0.05) is 12.2 Å². The molecule has 1 nitrogen and oxygen atoms in total. The van der Waals surface area contributed by atoms with E-state index in [4.69, 9.17) is 0 Å². The molecule has 0 bridgehead atoms. The average Bonchev–Trinajstić information content (AvgIpc) is 2.01. The summed E-state index contributed by atoms with van der Waals surface area (Å²) in [4.78, 5) is 11.0. The van der Waals surface area contributed by atoms with Crippen LogP contribution in [-0.4, -0.2) is 5.78 Å². The van der Waals surface area contributed by atoms with E-state index in [0.29, 0.717) is 11.7 Å². The number of Topliss-reactive ketones (excluding diaryl/α,β-unsaturated/α-hetero) is 1. The lowest BCUT2D eigenvalue weighted by Crippen LogP contribution is -2.13. The van der Waals surface area contributed by atoms with Gasteiger partial charge in [0.05, 0.1) is 0 Å². The number of carbonyl (C=O) groups excluding carboxylic acids is 1. The van der Waals surface area contributed by atoms with E-state index in [9.17, 15) is 4.79 Å². The maximum absolute atomic E-state index is 11.0. The standard InChI is InChI=1S/C10H16O/c1-2-3-5-9-6-4-7-10(11)8-9/h2-3,9H,4-8H2,1H3/b3-2-. The van der Waals surface area contributed by atoms with Crippen LogP contribution in [0.3, 0.4) is 0 Å². The van der Waals surface area contributed by atoms with Gasteiger partial charge in [-0.2, -0.15) is 0 Å². The molecule has 62 valence electrons. The van der Waals surface area contributed by atoms with E-state index < -0.39 is 0 Å². The Balaban J connectivity index is 2.28. The van der Waals surface area contributed by atoms with Crippen LogP contribution in [0.25, 0.3) is 0 Å². The summed E-state index contributed by atoms with van der Waals surface area (Å²) in [5.41, 5.74) is 0. The summed E-state index contributed by atoms with van der Waals surface area (Å²) >= 11 is 0. The van der Waals surface area contributed by atoms with Crippen molar-refractivity contribution in [1.82, 2.24) is 0 Å². The van der Waals surface area contributed by atoms with Gasteiger partial charge in [0, 0.05) is 12.8 Å². The molecule has 0 aromatic heterocycles. The van der Waals surface area contributed by atoms with E-state index in [1.54, 1.807) is 0 Å². The van der Waals surface area contributed by atoms with E-state index in [-0.39, 0.29) is 0 Å². The van der Waals surface area contributed by atoms with Crippen molar-refractivity contribution < 1.29 is 4.79 Å². The Hall–Kier alpha value is -0.590. The SMILES string of the molecule is C/C=C\CC1CCCC(=O)C1. The summed E-state index contributed by atoms with van der Waals surface area (Å²) in [5, 5.41) is 0. The summed E-state index contributed by atoms with van der Waals surface area (Å²) in [6.07, 6.45) is 9.35. The van der Waals surface area contributed by atoms with Crippen LogP contribution in [0.2, 0.25) is 0 Å². The second-order valence-corrected chi connectivity index (χ2v) is 3.31. The molecule has 1 heteroatoms. The van der Waals surface area contributed by atoms with Gasteiger partial charge in [-0.15, -0.1) is 0 Å². The van der Waals surface area contributed by atoms with Gasteiger partial charge >= 0.3 is 0 Å². The third kappa shape index (κ3) is 2.87. The maximum Gasteiger partial charge on any atom is 0.133 e. The molecule has 0 spiro atoms. The fourth-order valence-corrected chi connectivity index (χ4v) is 1.64. The Morgan fingerprint density at radius 2 is 2.45 bits per heavy atom. The van der Waals surface area contributed by atoms with E-state index in [1.165, 1.54) is 6.42 Å². The monoisotopic (exact) mass is 152 g/mol. The first-order chi connectivity index (χ1) is 5.33. The number of rotatable bonds is 2. The molecule has 1 aliphatic rings. The smallest absolute Gasteiger partial charge is 0.133 e. The third-order valence-corrected chi connectivity index (χ3v) is 2.29. The summed E-state index contributed by atoms with van der Waals surface area (Å²) in [7, 11) is 0. The molecule has 1 atom stereocenters. The van der Waals surface area contributed by atoms with Gasteiger partial charge in [0.25, 0.3) is 0 Å². The van der Waals surface area contributed by atoms with Crippen molar-refractivity contribution >= 4 is 5.78 Å². The molecule has 0 aromatic carbocycles. The van der Waals surface area contributed by atoms with Crippen molar-refractivity contribution in [3.05, 3.63) is 12.2 Å². The Kier molecular flexibility index (Phi) is 3.34. The fraction of sp³-hybridized carbons (Fsp3) is 0.700. The molecule has 0 N–H and O–H groups in total. The first-order valence-electron chi connectivity index (χ1n) is 4.45. The highest BCUT2D eigenvalue weighted by atomic mass is 16.1. The first-order valence-corrected chi connectivity index (χ1v) is 4.45. The molecule has 0 radical (unpaired) electrons. The Morgan fingerprint density at radius 3 is 3.09 bits per heavy atom. The Labute approximate surface area is 68.5 Å². The molecular formula is C10H16O. The molecule has 0 saturated heterocycles. The lowest BCUT2D eigenvalue weighted by atomic mass is 9.86. The minimum Gasteiger partial charge on any atom is -0.300 e. The summed E-state index contributed by atoms with van der Waals surface area (Å²) < 4.78 is 0. The predicted octanol–water partition coefficient (Wildman–Crippen LogP) is 2.71. The number of carbonyl (C=O) groups is 1. The zero-order valence-electron chi connectivity index (χ0n) is 7.18. The number of hydrogen-bond donors (Lipinski definition) is 0. The van der Waals surface area contributed by atoms with Crippen molar-refractivity contribution in [2.75, 3.05) is 0 Å². The van der Waals surface area contributed by atoms with Crippen LogP contribution in [0.5, 0.6) is 0 Å². The van der Waals surface area contributed by atoms with Crippen LogP contribution in [0, 0.1) is 5.92 Å². The normalized spacial score (nSPS) is 26.3. The van der Waals surface area contributed by atoms with Crippen molar-refractivity contribution in [2.45, 2.75) is 39.0 Å². The minimum atomic E-state index is 0.464. The molecule has 1 aliphatic carbocycles. The van der Waals surface area contributed by atoms with Crippen LogP contribution >= 0.6 is 0 Å². The highest BCUT2D eigenvalue weighted by molar-refractivity contribution is 5.79. The predicted molar refractivity (Wildman–Crippen MR) is 46.4 cm³/mol. The van der Waals surface area contributed by atoms with E-state index in [2.05, 4.69) is 12.2 Å². The first kappa shape index (κ1) is 8.51. The largest absolute Gasteiger partial charge is 0.300 e. The number of ketones is 1. The van der Waals surface area contributed by atoms with Crippen molar-refractivity contribution in [3.63, 3.8) is 0 Å². The molecule has 1 unspecified atom stereocenters. The van der Waals surface area contributed by atoms with E-state index in [1.807, 2.05) is 6.92 Å². The van der Waals surface area contributed by atoms with Gasteiger partial charge in [-0.05, 0) is 32.1 Å². The van der Waals surface area contributed by atoms with Gasteiger partial charge in [-0.3, -0.25) is 4.79 Å². The second kappa shape index (κ2) is 4.32. The molecule has 0 heterocycles. The number of allylic oxidation sites excluding steroid dienone is 2. The molecule has 0 amide bonds. The maximum atomic E-state index is 11.0. The fourth-order valence-electron chi connectivity index (χ4n) is 1.64. The lowest BCUT2D eigenvalue weighted by Gasteiger charge is -2.18. The molecule has 1 saturated carbocycles. The number of hydrogen-bond acceptors (Lipinski definition) is 1. The van der Waals surface area contributed by atoms with E-state index >= 15 is 0 Å². The average molecular weight is 152 g/mol. The quantitative estimate of drug-likeness (QED) is 0.556. The van der Waals surface area contributed by atoms with Crippen LogP contribution in [-0.2, 0) is 4.79 Å². The summed E-state index contributed by atoms with van der Waals surface area (Å²) in [5.74, 6) is 1.11.